The van der Waals surface area contributed by atoms with Crippen LogP contribution in [0.3, 0.4) is 0 Å². The summed E-state index contributed by atoms with van der Waals surface area (Å²) in [6.07, 6.45) is 0. The maximum absolute atomic E-state index is 11.3. The molecule has 0 radical (unpaired) electrons. The fourth-order valence-corrected chi connectivity index (χ4v) is 2.80. The average molecular weight is 230 g/mol. The molecule has 0 saturated heterocycles. The Bertz CT molecular complexity index is 436. The van der Waals surface area contributed by atoms with E-state index >= 15 is 0 Å². The van der Waals surface area contributed by atoms with Crippen molar-refractivity contribution in [1.82, 2.24) is 0 Å². The van der Waals surface area contributed by atoms with Gasteiger partial charge >= 0.3 is 7.60 Å². The lowest BCUT2D eigenvalue weighted by Crippen LogP contribution is -2.18. The zero-order valence-electron chi connectivity index (χ0n) is 8.90. The van der Waals surface area contributed by atoms with Gasteiger partial charge in [0.2, 0.25) is 0 Å². The number of anilines is 2. The first-order valence-electron chi connectivity index (χ1n) is 4.38. The average Bonchev–Trinajstić information content (AvgIpc) is 2.09. The molecule has 84 valence electrons. The van der Waals surface area contributed by atoms with E-state index in [-0.39, 0.29) is 5.30 Å². The summed E-state index contributed by atoms with van der Waals surface area (Å²) in [5.41, 5.74) is 13.6. The first-order valence-corrected chi connectivity index (χ1v) is 6.00. The topological polar surface area (TPSA) is 110 Å². The lowest BCUT2D eigenvalue weighted by molar-refractivity contribution is 0.387. The van der Waals surface area contributed by atoms with E-state index < -0.39 is 7.60 Å². The van der Waals surface area contributed by atoms with Crippen LogP contribution in [0.4, 0.5) is 11.4 Å². The molecule has 6 N–H and O–H groups in total. The van der Waals surface area contributed by atoms with Crippen molar-refractivity contribution in [2.45, 2.75) is 20.8 Å². The Balaban J connectivity index is 3.76. The largest absolute Gasteiger partial charge is 0.398 e. The van der Waals surface area contributed by atoms with E-state index in [1.54, 1.807) is 20.8 Å². The Morgan fingerprint density at radius 3 is 1.53 bits per heavy atom. The molecule has 0 amide bonds. The van der Waals surface area contributed by atoms with Crippen molar-refractivity contribution in [3.8, 4) is 0 Å². The quantitative estimate of drug-likeness (QED) is 0.416. The van der Waals surface area contributed by atoms with Crippen molar-refractivity contribution in [2.75, 3.05) is 11.5 Å². The van der Waals surface area contributed by atoms with Gasteiger partial charge in [0, 0.05) is 11.4 Å². The first kappa shape index (κ1) is 12.0. The van der Waals surface area contributed by atoms with Gasteiger partial charge < -0.3 is 21.3 Å². The third kappa shape index (κ3) is 1.86. The van der Waals surface area contributed by atoms with E-state index in [4.69, 9.17) is 11.5 Å². The Labute approximate surface area is 88.3 Å². The summed E-state index contributed by atoms with van der Waals surface area (Å²) in [5.74, 6) is 0. The van der Waals surface area contributed by atoms with Crippen molar-refractivity contribution in [1.29, 1.82) is 0 Å². The highest BCUT2D eigenvalue weighted by atomic mass is 31.2. The second-order valence-corrected chi connectivity index (χ2v) is 5.13. The summed E-state index contributed by atoms with van der Waals surface area (Å²) in [6.45, 7) is 4.90. The second kappa shape index (κ2) is 3.52. The molecule has 0 spiro atoms. The standard InChI is InChI=1S/C9H15N2O3P/c1-4-7(10)5(2)9(15(12,13)14)6(3)8(4)11/h10-11H2,1-3H3,(H2,12,13,14). The summed E-state index contributed by atoms with van der Waals surface area (Å²) in [6, 6.07) is 0. The Hall–Kier alpha value is -1.03. The van der Waals surface area contributed by atoms with Crippen LogP contribution in [0.25, 0.3) is 0 Å². The van der Waals surface area contributed by atoms with Crippen LogP contribution in [0.1, 0.15) is 16.7 Å². The molecule has 15 heavy (non-hydrogen) atoms. The van der Waals surface area contributed by atoms with Gasteiger partial charge in [-0.3, -0.25) is 4.57 Å². The minimum atomic E-state index is -4.33. The molecule has 1 aromatic carbocycles. The van der Waals surface area contributed by atoms with Crippen LogP contribution in [0.2, 0.25) is 0 Å². The van der Waals surface area contributed by atoms with Crippen molar-refractivity contribution in [3.05, 3.63) is 16.7 Å². The van der Waals surface area contributed by atoms with Gasteiger partial charge in [0.1, 0.15) is 0 Å². The van der Waals surface area contributed by atoms with Gasteiger partial charge in [-0.15, -0.1) is 0 Å². The van der Waals surface area contributed by atoms with E-state index in [2.05, 4.69) is 0 Å². The van der Waals surface area contributed by atoms with Gasteiger partial charge in [-0.1, -0.05) is 0 Å². The molecule has 1 aromatic rings. The van der Waals surface area contributed by atoms with Crippen LogP contribution in [0, 0.1) is 20.8 Å². The second-order valence-electron chi connectivity index (χ2n) is 3.59. The lowest BCUT2D eigenvalue weighted by Gasteiger charge is -2.18. The van der Waals surface area contributed by atoms with Crippen LogP contribution in [-0.4, -0.2) is 9.79 Å². The minimum absolute atomic E-state index is 0.0527. The first-order chi connectivity index (χ1) is 6.68. The van der Waals surface area contributed by atoms with E-state index in [1.165, 1.54) is 0 Å². The molecule has 0 aliphatic heterocycles. The minimum Gasteiger partial charge on any atom is -0.398 e. The maximum atomic E-state index is 11.3. The molecule has 0 unspecified atom stereocenters. The highest BCUT2D eigenvalue weighted by Gasteiger charge is 2.26. The number of hydrogen-bond acceptors (Lipinski definition) is 3. The van der Waals surface area contributed by atoms with Gasteiger partial charge in [-0.05, 0) is 37.5 Å². The molecule has 0 aromatic heterocycles. The molecule has 0 atom stereocenters. The maximum Gasteiger partial charge on any atom is 0.356 e. The van der Waals surface area contributed by atoms with Crippen molar-refractivity contribution < 1.29 is 14.4 Å². The van der Waals surface area contributed by atoms with Gasteiger partial charge in [0.05, 0.1) is 5.30 Å². The fourth-order valence-electron chi connectivity index (χ4n) is 1.68. The van der Waals surface area contributed by atoms with Gasteiger partial charge in [-0.25, -0.2) is 0 Å². The van der Waals surface area contributed by atoms with Gasteiger partial charge in [0.15, 0.2) is 0 Å². The molecule has 0 aliphatic rings. The smallest absolute Gasteiger partial charge is 0.356 e. The van der Waals surface area contributed by atoms with E-state index in [0.717, 1.165) is 0 Å². The van der Waals surface area contributed by atoms with Crippen LogP contribution < -0.4 is 16.8 Å². The molecule has 1 rings (SSSR count). The fraction of sp³-hybridized carbons (Fsp3) is 0.333. The predicted molar refractivity (Wildman–Crippen MR) is 61.2 cm³/mol. The van der Waals surface area contributed by atoms with Gasteiger partial charge in [-0.2, -0.15) is 0 Å². The molecule has 0 aliphatic carbocycles. The summed E-state index contributed by atoms with van der Waals surface area (Å²) < 4.78 is 11.3. The van der Waals surface area contributed by atoms with Crippen molar-refractivity contribution >= 4 is 24.3 Å². The predicted octanol–water partition coefficient (Wildman–Crippen LogP) is 0.579. The SMILES string of the molecule is Cc1c(N)c(C)c(P(=O)(O)O)c(C)c1N. The monoisotopic (exact) mass is 230 g/mol. The molecule has 0 bridgehead atoms. The highest BCUT2D eigenvalue weighted by molar-refractivity contribution is 7.60. The molecule has 0 fully saturated rings. The number of rotatable bonds is 1. The summed E-state index contributed by atoms with van der Waals surface area (Å²) in [7, 11) is -4.33. The van der Waals surface area contributed by atoms with E-state index in [9.17, 15) is 14.4 Å². The zero-order valence-corrected chi connectivity index (χ0v) is 9.80. The number of hydrogen-bond donors (Lipinski definition) is 4. The number of nitrogen functional groups attached to an aromatic ring is 2. The summed E-state index contributed by atoms with van der Waals surface area (Å²) in [4.78, 5) is 18.4. The third-order valence-electron chi connectivity index (χ3n) is 2.62. The molecule has 0 heterocycles. The molecular weight excluding hydrogens is 215 g/mol. The number of benzene rings is 1. The molecule has 5 nitrogen and oxygen atoms in total. The van der Waals surface area contributed by atoms with Crippen molar-refractivity contribution in [2.24, 2.45) is 0 Å². The van der Waals surface area contributed by atoms with Crippen molar-refractivity contribution in [3.63, 3.8) is 0 Å². The van der Waals surface area contributed by atoms with Crippen LogP contribution in [0.15, 0.2) is 0 Å². The van der Waals surface area contributed by atoms with E-state index in [1.807, 2.05) is 0 Å². The normalized spacial score (nSPS) is 11.8. The summed E-state index contributed by atoms with van der Waals surface area (Å²) in [5, 5.41) is -0.0527. The Morgan fingerprint density at radius 1 is 0.933 bits per heavy atom. The summed E-state index contributed by atoms with van der Waals surface area (Å²) >= 11 is 0. The van der Waals surface area contributed by atoms with Crippen LogP contribution in [0.5, 0.6) is 0 Å². The zero-order chi connectivity index (χ0) is 12.0. The third-order valence-corrected chi connectivity index (χ3v) is 3.87. The number of nitrogens with two attached hydrogens (primary N) is 2. The van der Waals surface area contributed by atoms with Crippen LogP contribution in [-0.2, 0) is 4.57 Å². The molecular formula is C9H15N2O3P. The van der Waals surface area contributed by atoms with Gasteiger partial charge in [0.25, 0.3) is 0 Å². The lowest BCUT2D eigenvalue weighted by atomic mass is 10.0. The Morgan fingerprint density at radius 2 is 1.27 bits per heavy atom. The molecule has 0 saturated carbocycles. The van der Waals surface area contributed by atoms with Crippen LogP contribution >= 0.6 is 7.60 Å². The Kier molecular flexibility index (Phi) is 2.83. The molecule has 6 heteroatoms. The van der Waals surface area contributed by atoms with E-state index in [0.29, 0.717) is 28.1 Å². The highest BCUT2D eigenvalue weighted by Crippen LogP contribution is 2.40.